The molecule has 0 aromatic heterocycles. The summed E-state index contributed by atoms with van der Waals surface area (Å²) in [5.41, 5.74) is 0. The molecule has 1 atom stereocenters. The molecule has 0 rings (SSSR count). The standard InChI is InChI=1S/C12H22F2O2S/c1-3-5-7-8-10(15)12(13,14)11(17)16-9-6-4-2/h10,15H,3-9H2,1-2H3. The zero-order valence-corrected chi connectivity index (χ0v) is 11.4. The average Bonchev–Trinajstić information content (AvgIpc) is 2.29. The molecule has 1 N–H and O–H groups in total. The molecule has 0 radical (unpaired) electrons. The fourth-order valence-corrected chi connectivity index (χ4v) is 1.53. The maximum atomic E-state index is 13.5. The molecule has 102 valence electrons. The van der Waals surface area contributed by atoms with Crippen molar-refractivity contribution in [2.45, 2.75) is 64.4 Å². The molecule has 0 aromatic carbocycles. The summed E-state index contributed by atoms with van der Waals surface area (Å²) in [5, 5.41) is 8.63. The highest BCUT2D eigenvalue weighted by Crippen LogP contribution is 2.25. The van der Waals surface area contributed by atoms with Crippen LogP contribution in [-0.4, -0.2) is 28.8 Å². The van der Waals surface area contributed by atoms with E-state index < -0.39 is 17.1 Å². The van der Waals surface area contributed by atoms with Crippen molar-refractivity contribution in [2.24, 2.45) is 0 Å². The summed E-state index contributed by atoms with van der Waals surface area (Å²) in [7, 11) is 0. The van der Waals surface area contributed by atoms with Gasteiger partial charge in [0.1, 0.15) is 6.10 Å². The normalized spacial score (nSPS) is 13.5. The van der Waals surface area contributed by atoms with Crippen LogP contribution in [0.5, 0.6) is 0 Å². The first-order valence-corrected chi connectivity index (χ1v) is 6.60. The number of aliphatic hydroxyl groups is 1. The highest BCUT2D eigenvalue weighted by molar-refractivity contribution is 7.80. The van der Waals surface area contributed by atoms with E-state index in [1.807, 2.05) is 13.8 Å². The van der Waals surface area contributed by atoms with E-state index in [4.69, 9.17) is 4.74 Å². The summed E-state index contributed by atoms with van der Waals surface area (Å²) in [6.07, 6.45) is 2.19. The van der Waals surface area contributed by atoms with Gasteiger partial charge in [0.2, 0.25) is 5.05 Å². The molecule has 17 heavy (non-hydrogen) atoms. The van der Waals surface area contributed by atoms with Gasteiger partial charge in [-0.25, -0.2) is 0 Å². The quantitative estimate of drug-likeness (QED) is 0.510. The Bertz CT molecular complexity index is 223. The Labute approximate surface area is 107 Å². The highest BCUT2D eigenvalue weighted by Gasteiger charge is 2.44. The van der Waals surface area contributed by atoms with Crippen molar-refractivity contribution in [3.8, 4) is 0 Å². The van der Waals surface area contributed by atoms with Crippen LogP contribution in [-0.2, 0) is 4.74 Å². The second-order valence-electron chi connectivity index (χ2n) is 4.12. The van der Waals surface area contributed by atoms with Crippen molar-refractivity contribution in [1.29, 1.82) is 0 Å². The van der Waals surface area contributed by atoms with Crippen LogP contribution in [0.25, 0.3) is 0 Å². The highest BCUT2D eigenvalue weighted by atomic mass is 32.1. The van der Waals surface area contributed by atoms with Crippen LogP contribution in [0, 0.1) is 0 Å². The number of alkyl halides is 2. The van der Waals surface area contributed by atoms with E-state index in [0.717, 1.165) is 19.3 Å². The Morgan fingerprint density at radius 2 is 1.82 bits per heavy atom. The van der Waals surface area contributed by atoms with E-state index in [-0.39, 0.29) is 13.0 Å². The Hall–Kier alpha value is -0.290. The maximum Gasteiger partial charge on any atom is 0.339 e. The Morgan fingerprint density at radius 1 is 1.24 bits per heavy atom. The largest absolute Gasteiger partial charge is 0.482 e. The van der Waals surface area contributed by atoms with Gasteiger partial charge in [0.15, 0.2) is 0 Å². The Balaban J connectivity index is 4.08. The Morgan fingerprint density at radius 3 is 2.35 bits per heavy atom. The maximum absolute atomic E-state index is 13.5. The lowest BCUT2D eigenvalue weighted by Gasteiger charge is -2.23. The zero-order chi connectivity index (χ0) is 13.3. The van der Waals surface area contributed by atoms with Gasteiger partial charge >= 0.3 is 5.92 Å². The van der Waals surface area contributed by atoms with Crippen LogP contribution >= 0.6 is 12.2 Å². The SMILES string of the molecule is CCCCCC(O)C(F)(F)C(=S)OCCCC. The third-order valence-electron chi connectivity index (χ3n) is 2.50. The fraction of sp³-hybridized carbons (Fsp3) is 0.917. The summed E-state index contributed by atoms with van der Waals surface area (Å²) in [6.45, 7) is 4.10. The van der Waals surface area contributed by atoms with Crippen molar-refractivity contribution in [3.05, 3.63) is 0 Å². The number of rotatable bonds is 9. The molecule has 0 aromatic rings. The second kappa shape index (κ2) is 8.75. The fourth-order valence-electron chi connectivity index (χ4n) is 1.31. The number of ether oxygens (including phenoxy) is 1. The van der Waals surface area contributed by atoms with Gasteiger partial charge in [0.05, 0.1) is 6.61 Å². The molecule has 1 unspecified atom stereocenters. The molecule has 0 amide bonds. The molecular weight excluding hydrogens is 246 g/mol. The van der Waals surface area contributed by atoms with E-state index >= 15 is 0 Å². The summed E-state index contributed by atoms with van der Waals surface area (Å²) in [6, 6.07) is 0. The molecule has 0 aliphatic carbocycles. The predicted molar refractivity (Wildman–Crippen MR) is 68.6 cm³/mol. The number of thiocarbonyl (C=S) groups is 1. The molecule has 0 saturated heterocycles. The average molecular weight is 268 g/mol. The number of hydrogen-bond donors (Lipinski definition) is 1. The summed E-state index contributed by atoms with van der Waals surface area (Å²) >= 11 is 4.53. The van der Waals surface area contributed by atoms with Gasteiger partial charge in [-0.2, -0.15) is 8.78 Å². The number of halogens is 2. The monoisotopic (exact) mass is 268 g/mol. The van der Waals surface area contributed by atoms with Gasteiger partial charge < -0.3 is 9.84 Å². The molecule has 0 fully saturated rings. The predicted octanol–water partition coefficient (Wildman–Crippen LogP) is 3.71. The van der Waals surface area contributed by atoms with Crippen molar-refractivity contribution >= 4 is 17.3 Å². The minimum Gasteiger partial charge on any atom is -0.482 e. The minimum atomic E-state index is -3.42. The van der Waals surface area contributed by atoms with E-state index in [1.165, 1.54) is 0 Å². The van der Waals surface area contributed by atoms with Crippen molar-refractivity contribution in [1.82, 2.24) is 0 Å². The third kappa shape index (κ3) is 6.27. The van der Waals surface area contributed by atoms with E-state index in [9.17, 15) is 13.9 Å². The summed E-state index contributed by atoms with van der Waals surface area (Å²) in [5.74, 6) is -3.42. The molecular formula is C12H22F2O2S. The number of unbranched alkanes of at least 4 members (excludes halogenated alkanes) is 3. The first kappa shape index (κ1) is 16.7. The first-order chi connectivity index (χ1) is 7.96. The van der Waals surface area contributed by atoms with Crippen LogP contribution < -0.4 is 0 Å². The van der Waals surface area contributed by atoms with Gasteiger partial charge in [0, 0.05) is 0 Å². The van der Waals surface area contributed by atoms with Crippen LogP contribution in [0.2, 0.25) is 0 Å². The topological polar surface area (TPSA) is 29.5 Å². The molecule has 0 saturated carbocycles. The van der Waals surface area contributed by atoms with E-state index in [2.05, 4.69) is 12.2 Å². The third-order valence-corrected chi connectivity index (χ3v) is 2.89. The summed E-state index contributed by atoms with van der Waals surface area (Å²) in [4.78, 5) is 0. The molecule has 0 aliphatic rings. The van der Waals surface area contributed by atoms with Crippen LogP contribution in [0.1, 0.15) is 52.4 Å². The van der Waals surface area contributed by atoms with Gasteiger partial charge in [0.25, 0.3) is 0 Å². The van der Waals surface area contributed by atoms with Crippen molar-refractivity contribution in [2.75, 3.05) is 6.61 Å². The van der Waals surface area contributed by atoms with E-state index in [1.54, 1.807) is 0 Å². The number of aliphatic hydroxyl groups excluding tert-OH is 1. The van der Waals surface area contributed by atoms with Crippen LogP contribution in [0.15, 0.2) is 0 Å². The molecule has 0 spiro atoms. The lowest BCUT2D eigenvalue weighted by Crippen LogP contribution is -2.41. The number of hydrogen-bond acceptors (Lipinski definition) is 3. The summed E-state index contributed by atoms with van der Waals surface area (Å²) < 4.78 is 31.9. The van der Waals surface area contributed by atoms with Gasteiger partial charge in [-0.05, 0) is 25.1 Å². The first-order valence-electron chi connectivity index (χ1n) is 6.19. The molecule has 0 aliphatic heterocycles. The van der Waals surface area contributed by atoms with E-state index in [0.29, 0.717) is 12.8 Å². The minimum absolute atomic E-state index is 0.0537. The van der Waals surface area contributed by atoms with Gasteiger partial charge in [-0.1, -0.05) is 39.5 Å². The lowest BCUT2D eigenvalue weighted by atomic mass is 10.1. The molecule has 2 nitrogen and oxygen atoms in total. The lowest BCUT2D eigenvalue weighted by molar-refractivity contribution is -0.0694. The van der Waals surface area contributed by atoms with Gasteiger partial charge in [-0.15, -0.1) is 0 Å². The van der Waals surface area contributed by atoms with Crippen molar-refractivity contribution < 1.29 is 18.6 Å². The molecule has 0 heterocycles. The molecule has 0 bridgehead atoms. The molecule has 5 heteroatoms. The Kier molecular flexibility index (Phi) is 8.60. The second-order valence-corrected chi connectivity index (χ2v) is 4.49. The zero-order valence-electron chi connectivity index (χ0n) is 10.5. The van der Waals surface area contributed by atoms with Crippen molar-refractivity contribution in [3.63, 3.8) is 0 Å². The van der Waals surface area contributed by atoms with Gasteiger partial charge in [-0.3, -0.25) is 0 Å². The smallest absolute Gasteiger partial charge is 0.339 e. The van der Waals surface area contributed by atoms with Crippen LogP contribution in [0.3, 0.4) is 0 Å². The van der Waals surface area contributed by atoms with Crippen LogP contribution in [0.4, 0.5) is 8.78 Å².